The zero-order valence-electron chi connectivity index (χ0n) is 15.9. The lowest BCUT2D eigenvalue weighted by atomic mass is 10.1. The van der Waals surface area contributed by atoms with Gasteiger partial charge in [-0.15, -0.1) is 0 Å². The Bertz CT molecular complexity index is 926. The van der Waals surface area contributed by atoms with Crippen molar-refractivity contribution in [3.05, 3.63) is 52.9 Å². The number of nitrogens with zero attached hydrogens (tertiary/aromatic N) is 1. The van der Waals surface area contributed by atoms with Gasteiger partial charge < -0.3 is 14.2 Å². The number of benzene rings is 2. The van der Waals surface area contributed by atoms with Crippen LogP contribution in [0.15, 0.2) is 47.4 Å². The first-order valence-corrected chi connectivity index (χ1v) is 10.1. The first-order valence-electron chi connectivity index (χ1n) is 8.89. The van der Waals surface area contributed by atoms with Crippen LogP contribution < -0.4 is 19.1 Å². The van der Waals surface area contributed by atoms with Crippen LogP contribution in [0.25, 0.3) is 6.08 Å². The summed E-state index contributed by atoms with van der Waals surface area (Å²) in [6, 6.07) is 12.9. The van der Waals surface area contributed by atoms with Crippen molar-refractivity contribution >= 4 is 46.0 Å². The van der Waals surface area contributed by atoms with Crippen LogP contribution in [0.1, 0.15) is 19.4 Å². The molecule has 1 fully saturated rings. The zero-order valence-corrected chi connectivity index (χ0v) is 17.6. The quantitative estimate of drug-likeness (QED) is 0.474. The van der Waals surface area contributed by atoms with Gasteiger partial charge in [-0.25, -0.2) is 0 Å². The highest BCUT2D eigenvalue weighted by atomic mass is 32.2. The van der Waals surface area contributed by atoms with E-state index in [-0.39, 0.29) is 5.91 Å². The number of hydrogen-bond donors (Lipinski definition) is 0. The molecule has 1 amide bonds. The first kappa shape index (κ1) is 20.2. The molecule has 2 aromatic rings. The lowest BCUT2D eigenvalue weighted by Gasteiger charge is -2.18. The van der Waals surface area contributed by atoms with Crippen molar-refractivity contribution < 1.29 is 19.0 Å². The topological polar surface area (TPSA) is 48.0 Å². The third-order valence-corrected chi connectivity index (χ3v) is 5.29. The number of rotatable bonds is 7. The highest BCUT2D eigenvalue weighted by Gasteiger charge is 2.34. The van der Waals surface area contributed by atoms with Gasteiger partial charge >= 0.3 is 0 Å². The van der Waals surface area contributed by atoms with Crippen molar-refractivity contribution in [2.75, 3.05) is 25.2 Å². The van der Waals surface area contributed by atoms with E-state index in [1.807, 2.05) is 56.3 Å². The van der Waals surface area contributed by atoms with E-state index in [9.17, 15) is 4.79 Å². The van der Waals surface area contributed by atoms with Crippen LogP contribution in [0, 0.1) is 0 Å². The van der Waals surface area contributed by atoms with E-state index in [2.05, 4.69) is 0 Å². The molecule has 2 aromatic carbocycles. The maximum Gasteiger partial charge on any atom is 0.270 e. The molecule has 146 valence electrons. The van der Waals surface area contributed by atoms with Crippen molar-refractivity contribution in [2.24, 2.45) is 0 Å². The zero-order chi connectivity index (χ0) is 20.1. The van der Waals surface area contributed by atoms with Crippen LogP contribution in [-0.2, 0) is 4.79 Å². The van der Waals surface area contributed by atoms with Crippen molar-refractivity contribution in [2.45, 2.75) is 13.8 Å². The Morgan fingerprint density at radius 2 is 1.75 bits per heavy atom. The molecule has 1 aliphatic heterocycles. The third kappa shape index (κ3) is 4.15. The summed E-state index contributed by atoms with van der Waals surface area (Å²) in [5, 5.41) is 0. The molecule has 0 radical (unpaired) electrons. The fourth-order valence-corrected chi connectivity index (χ4v) is 4.08. The van der Waals surface area contributed by atoms with Crippen LogP contribution in [0.3, 0.4) is 0 Å². The molecule has 0 bridgehead atoms. The van der Waals surface area contributed by atoms with E-state index in [0.717, 1.165) is 5.56 Å². The van der Waals surface area contributed by atoms with Gasteiger partial charge in [-0.3, -0.25) is 9.69 Å². The Labute approximate surface area is 174 Å². The van der Waals surface area contributed by atoms with Gasteiger partial charge in [0.05, 0.1) is 30.9 Å². The number of para-hydroxylation sites is 2. The van der Waals surface area contributed by atoms with Gasteiger partial charge in [0.2, 0.25) is 0 Å². The minimum atomic E-state index is -0.171. The smallest absolute Gasteiger partial charge is 0.270 e. The number of thiocarbonyl (C=S) groups is 1. The second-order valence-corrected chi connectivity index (χ2v) is 7.44. The van der Waals surface area contributed by atoms with Crippen LogP contribution in [0.5, 0.6) is 17.2 Å². The van der Waals surface area contributed by atoms with Gasteiger partial charge in [0.25, 0.3) is 5.91 Å². The third-order valence-electron chi connectivity index (χ3n) is 3.99. The van der Waals surface area contributed by atoms with E-state index < -0.39 is 0 Å². The van der Waals surface area contributed by atoms with Gasteiger partial charge in [0, 0.05) is 0 Å². The Morgan fingerprint density at radius 3 is 2.46 bits per heavy atom. The van der Waals surface area contributed by atoms with E-state index in [1.165, 1.54) is 16.7 Å². The number of anilines is 1. The molecule has 28 heavy (non-hydrogen) atoms. The predicted molar refractivity (Wildman–Crippen MR) is 117 cm³/mol. The number of methoxy groups -OCH3 is 1. The minimum Gasteiger partial charge on any atom is -0.493 e. The predicted octanol–water partition coefficient (Wildman–Crippen LogP) is 4.90. The average Bonchev–Trinajstić information content (AvgIpc) is 2.97. The van der Waals surface area contributed by atoms with Gasteiger partial charge in [-0.2, -0.15) is 0 Å². The molecule has 1 heterocycles. The maximum absolute atomic E-state index is 13.0. The van der Waals surface area contributed by atoms with Gasteiger partial charge in [-0.05, 0) is 49.8 Å². The lowest BCUT2D eigenvalue weighted by molar-refractivity contribution is -0.113. The molecule has 0 unspecified atom stereocenters. The summed E-state index contributed by atoms with van der Waals surface area (Å²) in [4.78, 5) is 15.1. The number of hydrogen-bond acceptors (Lipinski definition) is 6. The monoisotopic (exact) mass is 415 g/mol. The van der Waals surface area contributed by atoms with Gasteiger partial charge in [-0.1, -0.05) is 42.2 Å². The number of amides is 1. The minimum absolute atomic E-state index is 0.171. The molecule has 0 aliphatic carbocycles. The van der Waals surface area contributed by atoms with Gasteiger partial charge in [0.1, 0.15) is 5.75 Å². The molecule has 0 aromatic heterocycles. The molecule has 0 atom stereocenters. The second kappa shape index (κ2) is 9.12. The molecule has 0 N–H and O–H groups in total. The molecular formula is C21H21NO4S2. The highest BCUT2D eigenvalue weighted by molar-refractivity contribution is 8.27. The highest BCUT2D eigenvalue weighted by Crippen LogP contribution is 2.40. The fraction of sp³-hybridized carbons (Fsp3) is 0.238. The summed E-state index contributed by atoms with van der Waals surface area (Å²) < 4.78 is 17.1. The van der Waals surface area contributed by atoms with E-state index in [4.69, 9.17) is 26.4 Å². The summed E-state index contributed by atoms with van der Waals surface area (Å²) in [5.74, 6) is 1.74. The summed E-state index contributed by atoms with van der Waals surface area (Å²) in [6.07, 6.45) is 1.81. The summed E-state index contributed by atoms with van der Waals surface area (Å²) >= 11 is 6.73. The number of carbonyl (C=O) groups excluding carboxylic acids is 1. The van der Waals surface area contributed by atoms with E-state index in [1.54, 1.807) is 13.2 Å². The largest absolute Gasteiger partial charge is 0.493 e. The number of ether oxygens (including phenoxy) is 3. The lowest BCUT2D eigenvalue weighted by Crippen LogP contribution is -2.28. The van der Waals surface area contributed by atoms with Crippen LogP contribution in [0.2, 0.25) is 0 Å². The molecule has 0 spiro atoms. The summed E-state index contributed by atoms with van der Waals surface area (Å²) in [6.45, 7) is 4.88. The van der Waals surface area contributed by atoms with Crippen LogP contribution >= 0.6 is 24.0 Å². The van der Waals surface area contributed by atoms with Crippen molar-refractivity contribution in [3.63, 3.8) is 0 Å². The SMILES string of the molecule is CCOc1ccc(/C=C2\SC(=S)N(c3ccccc3OCC)C2=O)cc1OC. The molecule has 0 saturated carbocycles. The average molecular weight is 416 g/mol. The van der Waals surface area contributed by atoms with Crippen molar-refractivity contribution in [1.82, 2.24) is 0 Å². The van der Waals surface area contributed by atoms with E-state index >= 15 is 0 Å². The molecular weight excluding hydrogens is 394 g/mol. The van der Waals surface area contributed by atoms with Crippen molar-refractivity contribution in [1.29, 1.82) is 0 Å². The van der Waals surface area contributed by atoms with Crippen LogP contribution in [0.4, 0.5) is 5.69 Å². The molecule has 5 nitrogen and oxygen atoms in total. The fourth-order valence-electron chi connectivity index (χ4n) is 2.79. The summed E-state index contributed by atoms with van der Waals surface area (Å²) in [7, 11) is 1.59. The number of thioether (sulfide) groups is 1. The summed E-state index contributed by atoms with van der Waals surface area (Å²) in [5.41, 5.74) is 1.48. The normalized spacial score (nSPS) is 15.2. The Kier molecular flexibility index (Phi) is 6.59. The molecule has 1 saturated heterocycles. The maximum atomic E-state index is 13.0. The Morgan fingerprint density at radius 1 is 1.04 bits per heavy atom. The Balaban J connectivity index is 1.92. The van der Waals surface area contributed by atoms with E-state index in [0.29, 0.717) is 45.4 Å². The first-order chi connectivity index (χ1) is 13.6. The number of carbonyl (C=O) groups is 1. The Hall–Kier alpha value is -2.51. The molecule has 7 heteroatoms. The van der Waals surface area contributed by atoms with Crippen molar-refractivity contribution in [3.8, 4) is 17.2 Å². The molecule has 3 rings (SSSR count). The second-order valence-electron chi connectivity index (χ2n) is 5.76. The van der Waals surface area contributed by atoms with Crippen LogP contribution in [-0.4, -0.2) is 30.6 Å². The standard InChI is InChI=1S/C21H21NO4S2/c1-4-25-16-9-7-6-8-15(16)22-20(23)19(28-21(22)27)13-14-10-11-17(26-5-2)18(12-14)24-3/h6-13H,4-5H2,1-3H3/b19-13-. The van der Waals surface area contributed by atoms with Gasteiger partial charge in [0.15, 0.2) is 15.8 Å². The molecule has 1 aliphatic rings.